The van der Waals surface area contributed by atoms with E-state index in [0.29, 0.717) is 5.69 Å². The Morgan fingerprint density at radius 3 is 2.35 bits per heavy atom. The van der Waals surface area contributed by atoms with Gasteiger partial charge in [-0.3, -0.25) is 9.10 Å². The average molecular weight is 276 g/mol. The van der Waals surface area contributed by atoms with Gasteiger partial charge >= 0.3 is 0 Å². The third kappa shape index (κ3) is 3.71. The van der Waals surface area contributed by atoms with Gasteiger partial charge in [-0.15, -0.1) is 0 Å². The molecular formula is C11H14ClNO3S. The van der Waals surface area contributed by atoms with E-state index in [4.69, 9.17) is 11.6 Å². The molecule has 94 valence electrons. The highest BCUT2D eigenvalue weighted by atomic mass is 35.5. The summed E-state index contributed by atoms with van der Waals surface area (Å²) in [7, 11) is -3.52. The van der Waals surface area contributed by atoms with Crippen molar-refractivity contribution < 1.29 is 13.2 Å². The first kappa shape index (κ1) is 14.0. The summed E-state index contributed by atoms with van der Waals surface area (Å²) >= 11 is 5.27. The summed E-state index contributed by atoms with van der Waals surface area (Å²) in [4.78, 5) is 10.9. The van der Waals surface area contributed by atoms with Crippen LogP contribution >= 0.6 is 11.6 Å². The molecular weight excluding hydrogens is 262 g/mol. The van der Waals surface area contributed by atoms with E-state index in [0.717, 1.165) is 21.7 Å². The van der Waals surface area contributed by atoms with Gasteiger partial charge in [0.05, 0.1) is 11.9 Å². The van der Waals surface area contributed by atoms with Gasteiger partial charge in [-0.25, -0.2) is 8.42 Å². The molecule has 1 aromatic carbocycles. The quantitative estimate of drug-likeness (QED) is 0.788. The first-order valence-electron chi connectivity index (χ1n) is 4.95. The van der Waals surface area contributed by atoms with Gasteiger partial charge in [0.15, 0.2) is 0 Å². The zero-order valence-electron chi connectivity index (χ0n) is 9.90. The minimum Gasteiger partial charge on any atom is -0.279 e. The topological polar surface area (TPSA) is 54.5 Å². The number of nitrogens with zero attached hydrogens (tertiary/aromatic N) is 1. The van der Waals surface area contributed by atoms with E-state index >= 15 is 0 Å². The van der Waals surface area contributed by atoms with Crippen molar-refractivity contribution >= 4 is 32.6 Å². The normalized spacial score (nSPS) is 11.3. The lowest BCUT2D eigenvalue weighted by atomic mass is 10.1. The Balaban J connectivity index is 3.27. The van der Waals surface area contributed by atoms with Crippen LogP contribution in [0, 0.1) is 13.8 Å². The molecule has 1 aromatic rings. The molecule has 0 unspecified atom stereocenters. The maximum Gasteiger partial charge on any atom is 0.242 e. The Bertz CT molecular complexity index is 540. The van der Waals surface area contributed by atoms with Gasteiger partial charge in [0.2, 0.25) is 15.3 Å². The standard InChI is InChI=1S/C11H14ClNO3S/c1-8-4-5-10(9(2)6-8)13(7-11(12)14)17(3,15)16/h4-6H,7H2,1-3H3. The monoisotopic (exact) mass is 275 g/mol. The molecule has 0 aliphatic carbocycles. The molecule has 0 bridgehead atoms. The molecule has 4 nitrogen and oxygen atoms in total. The van der Waals surface area contributed by atoms with Crippen molar-refractivity contribution in [2.45, 2.75) is 13.8 Å². The van der Waals surface area contributed by atoms with E-state index in [2.05, 4.69) is 0 Å². The highest BCUT2D eigenvalue weighted by Gasteiger charge is 2.21. The molecule has 0 saturated heterocycles. The van der Waals surface area contributed by atoms with Gasteiger partial charge in [0.1, 0.15) is 6.54 Å². The summed E-state index contributed by atoms with van der Waals surface area (Å²) < 4.78 is 24.3. The van der Waals surface area contributed by atoms with Crippen LogP contribution in [0.25, 0.3) is 0 Å². The van der Waals surface area contributed by atoms with E-state index in [-0.39, 0.29) is 6.54 Å². The second kappa shape index (κ2) is 5.06. The molecule has 0 saturated carbocycles. The molecule has 0 spiro atoms. The fourth-order valence-corrected chi connectivity index (χ4v) is 2.68. The van der Waals surface area contributed by atoms with Crippen LogP contribution in [0.5, 0.6) is 0 Å². The molecule has 0 aromatic heterocycles. The van der Waals surface area contributed by atoms with Gasteiger partial charge in [-0.1, -0.05) is 17.7 Å². The Kier molecular flexibility index (Phi) is 4.16. The smallest absolute Gasteiger partial charge is 0.242 e. The lowest BCUT2D eigenvalue weighted by molar-refractivity contribution is -0.110. The summed E-state index contributed by atoms with van der Waals surface area (Å²) in [6, 6.07) is 5.32. The van der Waals surface area contributed by atoms with Crippen molar-refractivity contribution in [3.05, 3.63) is 29.3 Å². The molecule has 1 rings (SSSR count). The van der Waals surface area contributed by atoms with Crippen LogP contribution in [0.4, 0.5) is 5.69 Å². The third-order valence-corrected chi connectivity index (χ3v) is 3.54. The van der Waals surface area contributed by atoms with Crippen molar-refractivity contribution in [3.63, 3.8) is 0 Å². The number of sulfonamides is 1. The van der Waals surface area contributed by atoms with Crippen molar-refractivity contribution in [2.75, 3.05) is 17.1 Å². The Morgan fingerprint density at radius 1 is 1.35 bits per heavy atom. The van der Waals surface area contributed by atoms with Crippen LogP contribution in [0.3, 0.4) is 0 Å². The highest BCUT2D eigenvalue weighted by Crippen LogP contribution is 2.23. The van der Waals surface area contributed by atoms with Crippen molar-refractivity contribution in [1.29, 1.82) is 0 Å². The molecule has 17 heavy (non-hydrogen) atoms. The molecule has 0 fully saturated rings. The van der Waals surface area contributed by atoms with Crippen molar-refractivity contribution in [3.8, 4) is 0 Å². The second-order valence-electron chi connectivity index (χ2n) is 3.91. The van der Waals surface area contributed by atoms with Gasteiger partial charge < -0.3 is 0 Å². The number of rotatable bonds is 4. The van der Waals surface area contributed by atoms with Crippen molar-refractivity contribution in [2.24, 2.45) is 0 Å². The summed E-state index contributed by atoms with van der Waals surface area (Å²) in [5.74, 6) is 0. The molecule has 0 radical (unpaired) electrons. The Morgan fingerprint density at radius 2 is 1.94 bits per heavy atom. The molecule has 0 N–H and O–H groups in total. The average Bonchev–Trinajstić information content (AvgIpc) is 2.13. The highest BCUT2D eigenvalue weighted by molar-refractivity contribution is 7.92. The zero-order chi connectivity index (χ0) is 13.2. The fraction of sp³-hybridized carbons (Fsp3) is 0.364. The van der Waals surface area contributed by atoms with Gasteiger partial charge in [0, 0.05) is 0 Å². The third-order valence-electron chi connectivity index (χ3n) is 2.29. The molecule has 0 amide bonds. The van der Waals surface area contributed by atoms with Crippen LogP contribution in [0.15, 0.2) is 18.2 Å². The van der Waals surface area contributed by atoms with Crippen LogP contribution in [0.2, 0.25) is 0 Å². The van der Waals surface area contributed by atoms with E-state index in [1.807, 2.05) is 13.0 Å². The summed E-state index contributed by atoms with van der Waals surface area (Å²) in [6.45, 7) is 3.35. The SMILES string of the molecule is Cc1ccc(N(CC(=O)Cl)S(C)(=O)=O)c(C)c1. The van der Waals surface area contributed by atoms with Crippen molar-refractivity contribution in [1.82, 2.24) is 0 Å². The Hall–Kier alpha value is -1.07. The number of hydrogen-bond acceptors (Lipinski definition) is 3. The predicted molar refractivity (Wildman–Crippen MR) is 69.0 cm³/mol. The van der Waals surface area contributed by atoms with Crippen LogP contribution < -0.4 is 4.31 Å². The van der Waals surface area contributed by atoms with Gasteiger partial charge in [0.25, 0.3) is 0 Å². The maximum absolute atomic E-state index is 11.6. The van der Waals surface area contributed by atoms with E-state index in [1.54, 1.807) is 19.1 Å². The number of aryl methyl sites for hydroxylation is 2. The van der Waals surface area contributed by atoms with Crippen LogP contribution in [-0.4, -0.2) is 26.5 Å². The number of halogens is 1. The molecule has 0 heterocycles. The number of hydrogen-bond donors (Lipinski definition) is 0. The fourth-order valence-electron chi connectivity index (χ4n) is 1.58. The largest absolute Gasteiger partial charge is 0.279 e. The van der Waals surface area contributed by atoms with Crippen LogP contribution in [0.1, 0.15) is 11.1 Å². The predicted octanol–water partition coefficient (Wildman–Crippen LogP) is 1.83. The lowest BCUT2D eigenvalue weighted by Gasteiger charge is -2.22. The first-order valence-corrected chi connectivity index (χ1v) is 7.17. The minimum absolute atomic E-state index is 0.357. The summed E-state index contributed by atoms with van der Waals surface area (Å²) in [5, 5.41) is -0.713. The maximum atomic E-state index is 11.6. The first-order chi connectivity index (χ1) is 7.71. The Labute approximate surface area is 106 Å². The number of carbonyl (C=O) groups excluding carboxylic acids is 1. The number of carbonyl (C=O) groups is 1. The van der Waals surface area contributed by atoms with E-state index < -0.39 is 15.3 Å². The van der Waals surface area contributed by atoms with E-state index in [9.17, 15) is 13.2 Å². The lowest BCUT2D eigenvalue weighted by Crippen LogP contribution is -2.34. The summed E-state index contributed by atoms with van der Waals surface area (Å²) in [6.07, 6.45) is 1.05. The van der Waals surface area contributed by atoms with Gasteiger partial charge in [-0.05, 0) is 37.1 Å². The minimum atomic E-state index is -3.52. The van der Waals surface area contributed by atoms with Crippen LogP contribution in [-0.2, 0) is 14.8 Å². The van der Waals surface area contributed by atoms with E-state index in [1.165, 1.54) is 0 Å². The summed E-state index contributed by atoms with van der Waals surface area (Å²) in [5.41, 5.74) is 2.29. The zero-order valence-corrected chi connectivity index (χ0v) is 11.5. The second-order valence-corrected chi connectivity index (χ2v) is 6.24. The number of anilines is 1. The number of benzene rings is 1. The molecule has 0 aliphatic heterocycles. The molecule has 0 atom stereocenters. The molecule has 6 heteroatoms. The van der Waals surface area contributed by atoms with Gasteiger partial charge in [-0.2, -0.15) is 0 Å². The molecule has 0 aliphatic rings.